The van der Waals surface area contributed by atoms with E-state index in [1.165, 1.54) is 37.3 Å². The van der Waals surface area contributed by atoms with Gasteiger partial charge in [0.1, 0.15) is 16.6 Å². The van der Waals surface area contributed by atoms with Gasteiger partial charge in [-0.3, -0.25) is 9.59 Å². The van der Waals surface area contributed by atoms with Crippen LogP contribution in [-0.2, 0) is 16.0 Å². The lowest BCUT2D eigenvalue weighted by atomic mass is 9.94. The van der Waals surface area contributed by atoms with Crippen molar-refractivity contribution in [3.63, 3.8) is 0 Å². The molecule has 6 nitrogen and oxygen atoms in total. The van der Waals surface area contributed by atoms with E-state index in [-0.39, 0.29) is 45.0 Å². The third-order valence-electron chi connectivity index (χ3n) is 6.08. The van der Waals surface area contributed by atoms with E-state index in [0.717, 1.165) is 5.56 Å². The Hall–Kier alpha value is -3.26. The largest absolute Gasteiger partial charge is 0.507 e. The first-order valence-electron chi connectivity index (χ1n) is 11.1. The van der Waals surface area contributed by atoms with Gasteiger partial charge in [-0.2, -0.15) is 0 Å². The van der Waals surface area contributed by atoms with Crippen LogP contribution in [0.1, 0.15) is 22.7 Å². The van der Waals surface area contributed by atoms with Crippen LogP contribution in [-0.4, -0.2) is 42.5 Å². The summed E-state index contributed by atoms with van der Waals surface area (Å²) in [5.41, 5.74) is 1.18. The average molecular weight is 565 g/mol. The minimum absolute atomic E-state index is 0.00682. The van der Waals surface area contributed by atoms with Crippen molar-refractivity contribution in [3.8, 4) is 11.5 Å². The second-order valence-corrected chi connectivity index (χ2v) is 9.43. The van der Waals surface area contributed by atoms with Crippen LogP contribution in [0.5, 0.6) is 11.5 Å². The predicted octanol–water partition coefficient (Wildman–Crippen LogP) is 6.47. The second-order valence-electron chi connectivity index (χ2n) is 8.21. The molecule has 1 aliphatic rings. The van der Waals surface area contributed by atoms with Gasteiger partial charge in [0.15, 0.2) is 11.5 Å². The highest BCUT2D eigenvalue weighted by Crippen LogP contribution is 2.47. The third kappa shape index (κ3) is 5.12. The number of likely N-dealkylation sites (tertiary alicyclic amines) is 1. The van der Waals surface area contributed by atoms with Gasteiger partial charge in [0.05, 0.1) is 36.4 Å². The Bertz CT molecular complexity index is 1390. The molecule has 0 radical (unpaired) electrons. The molecular weight excluding hydrogens is 544 g/mol. The SMILES string of the molecule is COc1c(Cl)cc(/C(O)=C2\C(=O)C(=O)N(CCc3ccc(F)cc3)C2c2ccc(Cl)cc2)c(OC)c1Cl. The Morgan fingerprint density at radius 2 is 1.59 bits per heavy atom. The molecule has 10 heteroatoms. The predicted molar refractivity (Wildman–Crippen MR) is 140 cm³/mol. The minimum Gasteiger partial charge on any atom is -0.507 e. The number of ether oxygens (including phenoxy) is 2. The van der Waals surface area contributed by atoms with Crippen molar-refractivity contribution in [2.75, 3.05) is 20.8 Å². The lowest BCUT2D eigenvalue weighted by Crippen LogP contribution is -2.31. The first-order valence-corrected chi connectivity index (χ1v) is 12.2. The molecule has 192 valence electrons. The molecule has 0 aliphatic carbocycles. The quantitative estimate of drug-likeness (QED) is 0.202. The van der Waals surface area contributed by atoms with Gasteiger partial charge in [0, 0.05) is 11.6 Å². The first-order chi connectivity index (χ1) is 17.7. The fourth-order valence-corrected chi connectivity index (χ4v) is 5.11. The molecule has 0 aromatic heterocycles. The van der Waals surface area contributed by atoms with Gasteiger partial charge in [0.2, 0.25) is 0 Å². The maximum atomic E-state index is 13.3. The fraction of sp³-hybridized carbons (Fsp3) is 0.185. The molecule has 1 aliphatic heterocycles. The van der Waals surface area contributed by atoms with Crippen LogP contribution in [0.3, 0.4) is 0 Å². The highest BCUT2D eigenvalue weighted by molar-refractivity contribution is 6.47. The van der Waals surface area contributed by atoms with Gasteiger partial charge < -0.3 is 19.5 Å². The van der Waals surface area contributed by atoms with E-state index < -0.39 is 23.5 Å². The van der Waals surface area contributed by atoms with Crippen LogP contribution in [0, 0.1) is 5.82 Å². The molecule has 4 rings (SSSR count). The lowest BCUT2D eigenvalue weighted by molar-refractivity contribution is -0.139. The highest BCUT2D eigenvalue weighted by Gasteiger charge is 2.46. The van der Waals surface area contributed by atoms with Crippen molar-refractivity contribution in [2.45, 2.75) is 12.5 Å². The summed E-state index contributed by atoms with van der Waals surface area (Å²) < 4.78 is 23.9. The number of benzene rings is 3. The molecule has 1 N–H and O–H groups in total. The lowest BCUT2D eigenvalue weighted by Gasteiger charge is -2.25. The number of nitrogens with zero attached hydrogens (tertiary/aromatic N) is 1. The van der Waals surface area contributed by atoms with Gasteiger partial charge >= 0.3 is 0 Å². The Morgan fingerprint density at radius 3 is 2.19 bits per heavy atom. The number of carbonyl (C=O) groups is 2. The molecule has 37 heavy (non-hydrogen) atoms. The number of aliphatic hydroxyl groups is 1. The summed E-state index contributed by atoms with van der Waals surface area (Å²) in [6, 6.07) is 12.9. The van der Waals surface area contributed by atoms with Crippen molar-refractivity contribution < 1.29 is 28.6 Å². The number of hydrogen-bond acceptors (Lipinski definition) is 5. The fourth-order valence-electron chi connectivity index (χ4n) is 4.29. The number of Topliss-reactive ketones (excluding diaryl/α,β-unsaturated/α-hetero) is 1. The van der Waals surface area contributed by atoms with Gasteiger partial charge in [-0.1, -0.05) is 59.1 Å². The van der Waals surface area contributed by atoms with Crippen molar-refractivity contribution in [3.05, 3.63) is 97.7 Å². The maximum Gasteiger partial charge on any atom is 0.295 e. The number of carbonyl (C=O) groups excluding carboxylic acids is 2. The smallest absolute Gasteiger partial charge is 0.295 e. The average Bonchev–Trinajstić information content (AvgIpc) is 3.13. The Morgan fingerprint density at radius 1 is 0.973 bits per heavy atom. The Kier molecular flexibility index (Phi) is 7.97. The number of rotatable bonds is 7. The zero-order valence-electron chi connectivity index (χ0n) is 19.7. The van der Waals surface area contributed by atoms with Crippen molar-refractivity contribution in [1.29, 1.82) is 0 Å². The van der Waals surface area contributed by atoms with Gasteiger partial charge in [-0.05, 0) is 47.9 Å². The monoisotopic (exact) mass is 563 g/mol. The molecule has 3 aromatic carbocycles. The highest BCUT2D eigenvalue weighted by atomic mass is 35.5. The zero-order valence-corrected chi connectivity index (χ0v) is 22.0. The van der Waals surface area contributed by atoms with Gasteiger partial charge in [0.25, 0.3) is 11.7 Å². The second kappa shape index (κ2) is 11.0. The minimum atomic E-state index is -0.943. The Balaban J connectivity index is 1.86. The summed E-state index contributed by atoms with van der Waals surface area (Å²) >= 11 is 18.8. The van der Waals surface area contributed by atoms with E-state index >= 15 is 0 Å². The maximum absolute atomic E-state index is 13.3. The summed E-state index contributed by atoms with van der Waals surface area (Å²) in [7, 11) is 2.71. The molecule has 3 aromatic rings. The number of halogens is 4. The number of ketones is 1. The molecule has 1 saturated heterocycles. The Labute approximate surface area is 227 Å². The third-order valence-corrected chi connectivity index (χ3v) is 6.95. The molecule has 1 atom stereocenters. The first kappa shape index (κ1) is 26.8. The van der Waals surface area contributed by atoms with E-state index in [1.807, 2.05) is 0 Å². The van der Waals surface area contributed by atoms with Crippen LogP contribution >= 0.6 is 34.8 Å². The number of amides is 1. The van der Waals surface area contributed by atoms with E-state index in [4.69, 9.17) is 44.3 Å². The number of hydrogen-bond donors (Lipinski definition) is 1. The van der Waals surface area contributed by atoms with Crippen LogP contribution < -0.4 is 9.47 Å². The topological polar surface area (TPSA) is 76.1 Å². The van der Waals surface area contributed by atoms with E-state index in [9.17, 15) is 19.1 Å². The summed E-state index contributed by atoms with van der Waals surface area (Å²) in [6.07, 6.45) is 0.348. The molecule has 1 fully saturated rings. The molecule has 0 spiro atoms. The standard InChI is InChI=1S/C27H21Cl3FNO5/c1-36-25-18(13-19(29)26(37-2)21(25)30)23(33)20-22(15-5-7-16(28)8-6-15)32(27(35)24(20)34)12-11-14-3-9-17(31)10-4-14/h3-10,13,22,33H,11-12H2,1-2H3/b23-20+. The van der Waals surface area contributed by atoms with Crippen LogP contribution in [0.4, 0.5) is 4.39 Å². The van der Waals surface area contributed by atoms with Crippen LogP contribution in [0.25, 0.3) is 5.76 Å². The summed E-state index contributed by atoms with van der Waals surface area (Å²) in [5.74, 6) is -2.42. The van der Waals surface area contributed by atoms with E-state index in [0.29, 0.717) is 17.0 Å². The van der Waals surface area contributed by atoms with Crippen molar-refractivity contribution >= 4 is 52.3 Å². The molecule has 0 bridgehead atoms. The van der Waals surface area contributed by atoms with Crippen LogP contribution in [0.2, 0.25) is 15.1 Å². The van der Waals surface area contributed by atoms with Crippen molar-refractivity contribution in [2.24, 2.45) is 0 Å². The van der Waals surface area contributed by atoms with Gasteiger partial charge in [-0.25, -0.2) is 4.39 Å². The number of methoxy groups -OCH3 is 2. The zero-order chi connectivity index (χ0) is 26.9. The molecule has 0 saturated carbocycles. The number of aliphatic hydroxyl groups excluding tert-OH is 1. The summed E-state index contributed by atoms with van der Waals surface area (Å²) in [6.45, 7) is 0.127. The van der Waals surface area contributed by atoms with Gasteiger partial charge in [-0.15, -0.1) is 0 Å². The van der Waals surface area contributed by atoms with Crippen LogP contribution in [0.15, 0.2) is 60.2 Å². The summed E-state index contributed by atoms with van der Waals surface area (Å²) in [4.78, 5) is 27.9. The summed E-state index contributed by atoms with van der Waals surface area (Å²) in [5, 5.41) is 12.0. The molecule has 1 heterocycles. The van der Waals surface area contributed by atoms with E-state index in [2.05, 4.69) is 0 Å². The molecule has 1 unspecified atom stereocenters. The molecular formula is C27H21Cl3FNO5. The van der Waals surface area contributed by atoms with E-state index in [1.54, 1.807) is 36.4 Å². The molecule has 1 amide bonds. The van der Waals surface area contributed by atoms with Crippen molar-refractivity contribution in [1.82, 2.24) is 4.90 Å². The normalized spacial score (nSPS) is 16.8.